The number of aromatic nitrogens is 1. The van der Waals surface area contributed by atoms with Gasteiger partial charge in [0.1, 0.15) is 0 Å². The second-order valence-corrected chi connectivity index (χ2v) is 4.15. The maximum absolute atomic E-state index is 12.1. The fourth-order valence-corrected chi connectivity index (χ4v) is 1.69. The number of nitrogens with one attached hydrogen (secondary N) is 1. The van der Waals surface area contributed by atoms with Gasteiger partial charge in [-0.05, 0) is 24.3 Å². The van der Waals surface area contributed by atoms with Crippen LogP contribution in [-0.2, 0) is 4.74 Å². The number of esters is 1. The molecular formula is C14H11N3O5. The first-order valence-corrected chi connectivity index (χ1v) is 6.12. The predicted octanol–water partition coefficient (Wildman–Crippen LogP) is 2.03. The van der Waals surface area contributed by atoms with Crippen LogP contribution < -0.4 is 5.32 Å². The van der Waals surface area contributed by atoms with Crippen LogP contribution in [0.25, 0.3) is 0 Å². The number of anilines is 1. The van der Waals surface area contributed by atoms with Crippen molar-refractivity contribution in [3.05, 3.63) is 64.0 Å². The summed E-state index contributed by atoms with van der Waals surface area (Å²) in [5, 5.41) is 13.1. The summed E-state index contributed by atoms with van der Waals surface area (Å²) in [5.41, 5.74) is 0.261. The van der Waals surface area contributed by atoms with E-state index in [2.05, 4.69) is 15.0 Å². The molecule has 8 nitrogen and oxygen atoms in total. The summed E-state index contributed by atoms with van der Waals surface area (Å²) < 4.78 is 4.58. The Morgan fingerprint density at radius 1 is 1.23 bits per heavy atom. The third-order valence-corrected chi connectivity index (χ3v) is 2.77. The quantitative estimate of drug-likeness (QED) is 0.525. The van der Waals surface area contributed by atoms with E-state index in [4.69, 9.17) is 0 Å². The Morgan fingerprint density at radius 2 is 1.91 bits per heavy atom. The highest BCUT2D eigenvalue weighted by Crippen LogP contribution is 2.16. The van der Waals surface area contributed by atoms with E-state index in [1.165, 1.54) is 43.6 Å². The summed E-state index contributed by atoms with van der Waals surface area (Å²) >= 11 is 0. The predicted molar refractivity (Wildman–Crippen MR) is 76.6 cm³/mol. The van der Waals surface area contributed by atoms with Crippen LogP contribution in [0.5, 0.6) is 0 Å². The lowest BCUT2D eigenvalue weighted by Gasteiger charge is -2.08. The first-order chi connectivity index (χ1) is 10.5. The van der Waals surface area contributed by atoms with Crippen molar-refractivity contribution in [2.24, 2.45) is 0 Å². The minimum absolute atomic E-state index is 0.0275. The molecule has 1 amide bonds. The van der Waals surface area contributed by atoms with Crippen molar-refractivity contribution in [2.45, 2.75) is 0 Å². The number of carbonyl (C=O) groups is 2. The topological polar surface area (TPSA) is 111 Å². The van der Waals surface area contributed by atoms with Gasteiger partial charge in [-0.25, -0.2) is 9.78 Å². The molecule has 0 radical (unpaired) electrons. The first-order valence-electron chi connectivity index (χ1n) is 6.12. The number of nitro groups is 1. The molecule has 0 bridgehead atoms. The number of ether oxygens (including phenoxy) is 1. The summed E-state index contributed by atoms with van der Waals surface area (Å²) in [4.78, 5) is 37.5. The molecule has 0 aliphatic carbocycles. The molecule has 0 saturated heterocycles. The lowest BCUT2D eigenvalue weighted by atomic mass is 10.2. The molecule has 1 aromatic carbocycles. The molecule has 0 saturated carbocycles. The summed E-state index contributed by atoms with van der Waals surface area (Å²) in [7, 11) is 1.21. The number of nitrogens with zero attached hydrogens (tertiary/aromatic N) is 2. The van der Waals surface area contributed by atoms with E-state index in [9.17, 15) is 19.7 Å². The van der Waals surface area contributed by atoms with Crippen molar-refractivity contribution >= 4 is 23.3 Å². The Labute approximate surface area is 124 Å². The molecule has 2 rings (SSSR count). The zero-order valence-corrected chi connectivity index (χ0v) is 11.5. The van der Waals surface area contributed by atoms with E-state index in [-0.39, 0.29) is 22.6 Å². The number of pyridine rings is 1. The molecule has 0 fully saturated rings. The number of carbonyl (C=O) groups excluding carboxylic acids is 2. The number of methoxy groups -OCH3 is 1. The van der Waals surface area contributed by atoms with Crippen molar-refractivity contribution in [1.82, 2.24) is 4.98 Å². The summed E-state index contributed by atoms with van der Waals surface area (Å²) in [6, 6.07) is 8.14. The molecule has 8 heteroatoms. The molecular weight excluding hydrogens is 290 g/mol. The van der Waals surface area contributed by atoms with Gasteiger partial charge in [0.25, 0.3) is 11.6 Å². The van der Waals surface area contributed by atoms with Crippen LogP contribution in [0.4, 0.5) is 11.4 Å². The minimum Gasteiger partial charge on any atom is -0.464 e. The fourth-order valence-electron chi connectivity index (χ4n) is 1.69. The largest absolute Gasteiger partial charge is 0.464 e. The van der Waals surface area contributed by atoms with E-state index in [1.54, 1.807) is 6.07 Å². The van der Waals surface area contributed by atoms with Gasteiger partial charge in [0.2, 0.25) is 0 Å². The van der Waals surface area contributed by atoms with E-state index in [0.717, 1.165) is 0 Å². The highest BCUT2D eigenvalue weighted by atomic mass is 16.6. The molecule has 0 spiro atoms. The molecule has 1 heterocycles. The van der Waals surface area contributed by atoms with Gasteiger partial charge in [-0.1, -0.05) is 0 Å². The maximum atomic E-state index is 12.1. The first kappa shape index (κ1) is 15.1. The zero-order valence-electron chi connectivity index (χ0n) is 11.5. The Morgan fingerprint density at radius 3 is 2.50 bits per heavy atom. The standard InChI is InChI=1S/C14H11N3O5/c1-22-14(19)12-11(3-2-8-15-12)16-13(18)9-4-6-10(7-5-9)17(20)21/h2-8H,1H3,(H,16,18). The Balaban J connectivity index is 2.22. The van der Waals surface area contributed by atoms with Gasteiger partial charge >= 0.3 is 5.97 Å². The van der Waals surface area contributed by atoms with Crippen molar-refractivity contribution in [3.63, 3.8) is 0 Å². The molecule has 1 aromatic heterocycles. The van der Waals surface area contributed by atoms with Gasteiger partial charge in [0, 0.05) is 23.9 Å². The van der Waals surface area contributed by atoms with Crippen LogP contribution in [-0.4, -0.2) is 28.9 Å². The molecule has 0 atom stereocenters. The van der Waals surface area contributed by atoms with E-state index in [1.807, 2.05) is 0 Å². The molecule has 0 unspecified atom stereocenters. The van der Waals surface area contributed by atoms with Crippen molar-refractivity contribution in [3.8, 4) is 0 Å². The SMILES string of the molecule is COC(=O)c1ncccc1NC(=O)c1ccc([N+](=O)[O-])cc1. The number of benzene rings is 1. The van der Waals surface area contributed by atoms with Crippen molar-refractivity contribution in [1.29, 1.82) is 0 Å². The van der Waals surface area contributed by atoms with Gasteiger partial charge in [-0.3, -0.25) is 14.9 Å². The molecule has 112 valence electrons. The van der Waals surface area contributed by atoms with Gasteiger partial charge in [0.15, 0.2) is 5.69 Å². The third kappa shape index (κ3) is 3.23. The van der Waals surface area contributed by atoms with Crippen LogP contribution >= 0.6 is 0 Å². The normalized spacial score (nSPS) is 9.86. The Bertz CT molecular complexity index is 728. The summed E-state index contributed by atoms with van der Waals surface area (Å²) in [5.74, 6) is -1.20. The molecule has 0 aliphatic heterocycles. The zero-order chi connectivity index (χ0) is 16.1. The van der Waals surface area contributed by atoms with Gasteiger partial charge in [-0.2, -0.15) is 0 Å². The monoisotopic (exact) mass is 301 g/mol. The van der Waals surface area contributed by atoms with Gasteiger partial charge in [0.05, 0.1) is 17.7 Å². The number of non-ortho nitro benzene ring substituents is 1. The second-order valence-electron chi connectivity index (χ2n) is 4.15. The minimum atomic E-state index is -0.681. The summed E-state index contributed by atoms with van der Waals surface area (Å²) in [6.07, 6.45) is 1.40. The Kier molecular flexibility index (Phi) is 4.42. The molecule has 1 N–H and O–H groups in total. The molecule has 2 aromatic rings. The average molecular weight is 301 g/mol. The number of rotatable bonds is 4. The lowest BCUT2D eigenvalue weighted by Crippen LogP contribution is -2.16. The third-order valence-electron chi connectivity index (χ3n) is 2.77. The van der Waals surface area contributed by atoms with Gasteiger partial charge < -0.3 is 10.1 Å². The second kappa shape index (κ2) is 6.44. The number of nitro benzene ring substituents is 1. The number of hydrogen-bond donors (Lipinski definition) is 1. The van der Waals surface area contributed by atoms with Gasteiger partial charge in [-0.15, -0.1) is 0 Å². The maximum Gasteiger partial charge on any atom is 0.358 e. The fraction of sp³-hybridized carbons (Fsp3) is 0.0714. The van der Waals surface area contributed by atoms with Crippen LogP contribution in [0.15, 0.2) is 42.6 Å². The number of amides is 1. The molecule has 0 aliphatic rings. The Hall–Kier alpha value is -3.29. The highest BCUT2D eigenvalue weighted by Gasteiger charge is 2.16. The van der Waals surface area contributed by atoms with Crippen LogP contribution in [0.2, 0.25) is 0 Å². The van der Waals surface area contributed by atoms with Crippen LogP contribution in [0, 0.1) is 10.1 Å². The van der Waals surface area contributed by atoms with E-state index in [0.29, 0.717) is 0 Å². The average Bonchev–Trinajstić information content (AvgIpc) is 2.54. The summed E-state index contributed by atoms with van der Waals surface area (Å²) in [6.45, 7) is 0. The van der Waals surface area contributed by atoms with Crippen LogP contribution in [0.3, 0.4) is 0 Å². The van der Waals surface area contributed by atoms with Crippen molar-refractivity contribution < 1.29 is 19.2 Å². The lowest BCUT2D eigenvalue weighted by molar-refractivity contribution is -0.384. The number of hydrogen-bond acceptors (Lipinski definition) is 6. The van der Waals surface area contributed by atoms with E-state index < -0.39 is 16.8 Å². The van der Waals surface area contributed by atoms with Crippen molar-refractivity contribution in [2.75, 3.05) is 12.4 Å². The molecule has 22 heavy (non-hydrogen) atoms. The smallest absolute Gasteiger partial charge is 0.358 e. The van der Waals surface area contributed by atoms with Crippen LogP contribution in [0.1, 0.15) is 20.8 Å². The highest BCUT2D eigenvalue weighted by molar-refractivity contribution is 6.07. The van der Waals surface area contributed by atoms with E-state index >= 15 is 0 Å².